The number of benzene rings is 2. The average Bonchev–Trinajstić information content (AvgIpc) is 3.16. The molecule has 2 aliphatic rings. The zero-order valence-electron chi connectivity index (χ0n) is 15.8. The largest absolute Gasteiger partial charge is 0.322 e. The second kappa shape index (κ2) is 8.00. The van der Waals surface area contributed by atoms with Gasteiger partial charge in [-0.05, 0) is 25.1 Å². The van der Waals surface area contributed by atoms with Gasteiger partial charge in [-0.2, -0.15) is 0 Å². The van der Waals surface area contributed by atoms with Crippen molar-refractivity contribution in [1.29, 1.82) is 0 Å². The first kappa shape index (κ1) is 20.2. The monoisotopic (exact) mass is 441 g/mol. The second-order valence-corrected chi connectivity index (χ2v) is 8.20. The van der Waals surface area contributed by atoms with E-state index in [0.717, 1.165) is 11.8 Å². The van der Waals surface area contributed by atoms with Crippen LogP contribution in [-0.2, 0) is 14.4 Å². The average molecular weight is 442 g/mol. The summed E-state index contributed by atoms with van der Waals surface area (Å²) in [6.07, 6.45) is 0. The first-order valence-corrected chi connectivity index (χ1v) is 10.4. The SMILES string of the molecule is CCN1C(=O)/C(=C2/C(=O)N(CC(=O)Nc3ccccc3F)c3ccccc32)SC1=S. The molecule has 0 spiro atoms. The van der Waals surface area contributed by atoms with Gasteiger partial charge < -0.3 is 5.32 Å². The lowest BCUT2D eigenvalue weighted by Crippen LogP contribution is -2.35. The molecular weight excluding hydrogens is 425 g/mol. The maximum absolute atomic E-state index is 13.8. The fourth-order valence-electron chi connectivity index (χ4n) is 3.37. The highest BCUT2D eigenvalue weighted by Gasteiger charge is 2.41. The van der Waals surface area contributed by atoms with Gasteiger partial charge in [0.2, 0.25) is 5.91 Å². The highest BCUT2D eigenvalue weighted by Crippen LogP contribution is 2.44. The summed E-state index contributed by atoms with van der Waals surface area (Å²) in [7, 11) is 0. The van der Waals surface area contributed by atoms with Crippen molar-refractivity contribution in [2.45, 2.75) is 6.92 Å². The van der Waals surface area contributed by atoms with Gasteiger partial charge in [-0.3, -0.25) is 24.2 Å². The Labute approximate surface area is 181 Å². The minimum absolute atomic E-state index is 0.0338. The Morgan fingerprint density at radius 1 is 1.07 bits per heavy atom. The van der Waals surface area contributed by atoms with Crippen LogP contribution in [-0.4, -0.2) is 40.0 Å². The van der Waals surface area contributed by atoms with Crippen LogP contribution in [0.5, 0.6) is 0 Å². The Hall–Kier alpha value is -3.04. The molecule has 2 heterocycles. The van der Waals surface area contributed by atoms with Gasteiger partial charge in [-0.1, -0.05) is 54.3 Å². The third kappa shape index (κ3) is 3.40. The van der Waals surface area contributed by atoms with Gasteiger partial charge in [0.1, 0.15) is 16.7 Å². The molecule has 1 fully saturated rings. The molecule has 6 nitrogen and oxygen atoms in total. The second-order valence-electron chi connectivity index (χ2n) is 6.56. The first-order valence-electron chi connectivity index (χ1n) is 9.16. The quantitative estimate of drug-likeness (QED) is 0.582. The number of thioether (sulfide) groups is 1. The van der Waals surface area contributed by atoms with Crippen molar-refractivity contribution in [2.24, 2.45) is 0 Å². The number of hydrogen-bond donors (Lipinski definition) is 1. The van der Waals surface area contributed by atoms with Gasteiger partial charge in [0.05, 0.1) is 21.9 Å². The third-order valence-corrected chi connectivity index (χ3v) is 6.21. The Kier molecular flexibility index (Phi) is 5.40. The van der Waals surface area contributed by atoms with E-state index in [2.05, 4.69) is 5.32 Å². The molecule has 4 rings (SSSR count). The minimum Gasteiger partial charge on any atom is -0.322 e. The summed E-state index contributed by atoms with van der Waals surface area (Å²) in [6, 6.07) is 12.7. The molecule has 1 saturated heterocycles. The zero-order chi connectivity index (χ0) is 21.4. The Morgan fingerprint density at radius 3 is 2.47 bits per heavy atom. The van der Waals surface area contributed by atoms with Crippen LogP contribution in [0.4, 0.5) is 15.8 Å². The number of halogens is 1. The predicted octanol–water partition coefficient (Wildman–Crippen LogP) is 3.40. The lowest BCUT2D eigenvalue weighted by atomic mass is 10.1. The molecule has 30 heavy (non-hydrogen) atoms. The number of hydrogen-bond acceptors (Lipinski definition) is 5. The Balaban J connectivity index is 1.67. The molecule has 9 heteroatoms. The van der Waals surface area contributed by atoms with E-state index < -0.39 is 17.6 Å². The summed E-state index contributed by atoms with van der Waals surface area (Å²) < 4.78 is 14.2. The van der Waals surface area contributed by atoms with Gasteiger partial charge in [0, 0.05) is 12.1 Å². The van der Waals surface area contributed by atoms with Crippen LogP contribution in [0.3, 0.4) is 0 Å². The number of carbonyl (C=O) groups excluding carboxylic acids is 3. The molecule has 0 atom stereocenters. The fourth-order valence-corrected chi connectivity index (χ4v) is 4.83. The minimum atomic E-state index is -0.567. The van der Waals surface area contributed by atoms with Gasteiger partial charge >= 0.3 is 0 Å². The zero-order valence-corrected chi connectivity index (χ0v) is 17.5. The van der Waals surface area contributed by atoms with Crippen LogP contribution >= 0.6 is 24.0 Å². The lowest BCUT2D eigenvalue weighted by molar-refractivity contribution is -0.122. The highest BCUT2D eigenvalue weighted by molar-refractivity contribution is 8.26. The van der Waals surface area contributed by atoms with Crippen molar-refractivity contribution in [3.8, 4) is 0 Å². The van der Waals surface area contributed by atoms with Gasteiger partial charge in [-0.15, -0.1) is 0 Å². The van der Waals surface area contributed by atoms with E-state index in [9.17, 15) is 18.8 Å². The molecular formula is C21H16FN3O3S2. The Morgan fingerprint density at radius 2 is 1.77 bits per heavy atom. The smallest absolute Gasteiger partial charge is 0.266 e. The van der Waals surface area contributed by atoms with Gasteiger partial charge in [0.15, 0.2) is 0 Å². The molecule has 152 valence electrons. The summed E-state index contributed by atoms with van der Waals surface area (Å²) in [6.45, 7) is 1.90. The summed E-state index contributed by atoms with van der Waals surface area (Å²) in [5.41, 5.74) is 1.35. The van der Waals surface area contributed by atoms with Crippen LogP contribution < -0.4 is 10.2 Å². The molecule has 3 amide bonds. The van der Waals surface area contributed by atoms with Crippen molar-refractivity contribution >= 4 is 63.0 Å². The number of amides is 3. The standard InChI is InChI=1S/C21H16FN3O3S2/c1-2-24-20(28)18(30-21(24)29)17-12-7-3-6-10-15(12)25(19(17)27)11-16(26)23-14-9-5-4-8-13(14)22/h3-10H,2,11H2,1H3,(H,23,26)/b18-17-. The van der Waals surface area contributed by atoms with E-state index >= 15 is 0 Å². The number of anilines is 2. The maximum Gasteiger partial charge on any atom is 0.266 e. The number of fused-ring (bicyclic) bond motifs is 1. The first-order chi connectivity index (χ1) is 14.4. The van der Waals surface area contributed by atoms with Crippen LogP contribution in [0.15, 0.2) is 53.4 Å². The van der Waals surface area contributed by atoms with Crippen LogP contribution in [0.1, 0.15) is 12.5 Å². The van der Waals surface area contributed by atoms with Crippen LogP contribution in [0, 0.1) is 5.82 Å². The number of carbonyl (C=O) groups is 3. The van der Waals surface area contributed by atoms with E-state index in [1.165, 1.54) is 28.0 Å². The van der Waals surface area contributed by atoms with Crippen molar-refractivity contribution in [1.82, 2.24) is 4.90 Å². The number of para-hydroxylation sites is 2. The third-order valence-electron chi connectivity index (χ3n) is 4.77. The molecule has 0 bridgehead atoms. The van der Waals surface area contributed by atoms with Crippen molar-refractivity contribution in [2.75, 3.05) is 23.3 Å². The molecule has 2 aromatic carbocycles. The molecule has 0 aliphatic carbocycles. The topological polar surface area (TPSA) is 69.7 Å². The predicted molar refractivity (Wildman–Crippen MR) is 118 cm³/mol. The van der Waals surface area contributed by atoms with Crippen LogP contribution in [0.25, 0.3) is 5.57 Å². The summed E-state index contributed by atoms with van der Waals surface area (Å²) in [5, 5.41) is 2.48. The summed E-state index contributed by atoms with van der Waals surface area (Å²) in [4.78, 5) is 41.5. The van der Waals surface area contributed by atoms with Gasteiger partial charge in [0.25, 0.3) is 11.8 Å². The number of thiocarbonyl (C=S) groups is 1. The number of nitrogens with zero attached hydrogens (tertiary/aromatic N) is 2. The number of rotatable bonds is 4. The highest BCUT2D eigenvalue weighted by atomic mass is 32.2. The number of likely N-dealkylation sites (N-methyl/N-ethyl adjacent to an activating group) is 1. The van der Waals surface area contributed by atoms with Gasteiger partial charge in [-0.25, -0.2) is 4.39 Å². The normalized spacial score (nSPS) is 18.3. The molecule has 0 unspecified atom stereocenters. The molecule has 2 aromatic rings. The molecule has 0 aromatic heterocycles. The van der Waals surface area contributed by atoms with Crippen molar-refractivity contribution in [3.63, 3.8) is 0 Å². The van der Waals surface area contributed by atoms with Crippen molar-refractivity contribution in [3.05, 3.63) is 64.8 Å². The van der Waals surface area contributed by atoms with E-state index in [-0.39, 0.29) is 28.6 Å². The molecule has 2 aliphatic heterocycles. The van der Waals surface area contributed by atoms with Crippen LogP contribution in [0.2, 0.25) is 0 Å². The maximum atomic E-state index is 13.8. The lowest BCUT2D eigenvalue weighted by Gasteiger charge is -2.17. The molecule has 0 saturated carbocycles. The number of nitrogens with one attached hydrogen (secondary N) is 1. The van der Waals surface area contributed by atoms with E-state index in [1.807, 2.05) is 6.92 Å². The summed E-state index contributed by atoms with van der Waals surface area (Å²) >= 11 is 6.35. The van der Waals surface area contributed by atoms with E-state index in [0.29, 0.717) is 22.1 Å². The van der Waals surface area contributed by atoms with E-state index in [4.69, 9.17) is 12.2 Å². The van der Waals surface area contributed by atoms with Crippen molar-refractivity contribution < 1.29 is 18.8 Å². The van der Waals surface area contributed by atoms with E-state index in [1.54, 1.807) is 30.3 Å². The summed E-state index contributed by atoms with van der Waals surface area (Å²) in [5.74, 6) is -1.90. The Bertz CT molecular complexity index is 1130. The molecule has 1 N–H and O–H groups in total. The fraction of sp³-hybridized carbons (Fsp3) is 0.143. The molecule has 0 radical (unpaired) electrons.